The van der Waals surface area contributed by atoms with Gasteiger partial charge in [-0.2, -0.15) is 0 Å². The molecule has 0 aromatic heterocycles. The summed E-state index contributed by atoms with van der Waals surface area (Å²) in [6, 6.07) is 16.9. The summed E-state index contributed by atoms with van der Waals surface area (Å²) in [6.07, 6.45) is 5.30. The Kier molecular flexibility index (Phi) is 7.25. The Bertz CT molecular complexity index is 1110. The largest absolute Gasteiger partial charge is 0.507 e. The Morgan fingerprint density at radius 2 is 1.69 bits per heavy atom. The molecule has 3 saturated heterocycles. The number of piperidine rings is 1. The fraction of sp³-hybridized carbons (Fsp3) is 0.429. The monoisotopic (exact) mass is 489 g/mol. The number of anilines is 1. The van der Waals surface area contributed by atoms with E-state index in [1.165, 1.54) is 17.7 Å². The molecule has 2 bridgehead atoms. The Balaban J connectivity index is 1.35. The molecule has 3 heterocycles. The quantitative estimate of drug-likeness (QED) is 0.391. The maximum absolute atomic E-state index is 10.2. The molecule has 8 nitrogen and oxygen atoms in total. The minimum Gasteiger partial charge on any atom is -0.507 e. The van der Waals surface area contributed by atoms with E-state index in [0.29, 0.717) is 23.3 Å². The van der Waals surface area contributed by atoms with Crippen LogP contribution < -0.4 is 27.4 Å². The molecular weight excluding hydrogens is 450 g/mol. The third-order valence-corrected chi connectivity index (χ3v) is 7.69. The minimum absolute atomic E-state index is 0.142. The number of fused-ring (bicyclic) bond motifs is 2. The van der Waals surface area contributed by atoms with Crippen LogP contribution in [0.4, 0.5) is 5.69 Å². The number of para-hydroxylation sites is 1. The van der Waals surface area contributed by atoms with E-state index < -0.39 is 0 Å². The average molecular weight is 490 g/mol. The van der Waals surface area contributed by atoms with Gasteiger partial charge in [-0.15, -0.1) is 0 Å². The highest BCUT2D eigenvalue weighted by Crippen LogP contribution is 2.36. The summed E-state index contributed by atoms with van der Waals surface area (Å²) in [6.45, 7) is 6.98. The highest BCUT2D eigenvalue weighted by molar-refractivity contribution is 5.70. The molecule has 8 heteroatoms. The zero-order valence-corrected chi connectivity index (χ0v) is 20.9. The van der Waals surface area contributed by atoms with E-state index in [9.17, 15) is 5.11 Å². The van der Waals surface area contributed by atoms with E-state index in [1.54, 1.807) is 18.2 Å². The third kappa shape index (κ3) is 5.24. The first kappa shape index (κ1) is 24.3. The summed E-state index contributed by atoms with van der Waals surface area (Å²) in [5.74, 6) is 0.390. The van der Waals surface area contributed by atoms with Gasteiger partial charge in [-0.25, -0.2) is 0 Å². The zero-order chi connectivity index (χ0) is 25.1. The number of phenols is 1. The first-order valence-corrected chi connectivity index (χ1v) is 13.1. The van der Waals surface area contributed by atoms with Crippen LogP contribution in [0.2, 0.25) is 0 Å². The number of likely N-dealkylation sites (tertiary alicyclic amines) is 1. The number of nitrogens with zero attached hydrogens (tertiary/aromatic N) is 3. The maximum atomic E-state index is 10.2. The van der Waals surface area contributed by atoms with E-state index >= 15 is 0 Å². The first-order chi connectivity index (χ1) is 17.5. The van der Waals surface area contributed by atoms with Crippen LogP contribution in [0.25, 0.3) is 5.70 Å². The molecule has 3 aliphatic rings. The number of benzene rings is 2. The van der Waals surface area contributed by atoms with Crippen molar-refractivity contribution >= 4 is 11.4 Å². The number of nitrogens with two attached hydrogens (primary N) is 3. The lowest BCUT2D eigenvalue weighted by Gasteiger charge is -2.52. The number of hydrogen-bond donors (Lipinski definition) is 5. The van der Waals surface area contributed by atoms with E-state index in [0.717, 1.165) is 64.4 Å². The molecule has 5 rings (SSSR count). The number of piperazine rings is 2. The molecule has 3 aliphatic heterocycles. The highest BCUT2D eigenvalue weighted by atomic mass is 16.3. The molecule has 8 N–H and O–H groups in total. The van der Waals surface area contributed by atoms with Crippen LogP contribution in [0, 0.1) is 0 Å². The summed E-state index contributed by atoms with van der Waals surface area (Å²) in [7, 11) is 0. The van der Waals surface area contributed by atoms with Crippen LogP contribution in [-0.4, -0.2) is 66.3 Å². The Morgan fingerprint density at radius 1 is 0.972 bits per heavy atom. The molecular formula is C28H39N7O. The van der Waals surface area contributed by atoms with Crippen LogP contribution >= 0.6 is 0 Å². The van der Waals surface area contributed by atoms with E-state index in [2.05, 4.69) is 44.3 Å². The molecule has 0 amide bonds. The second-order valence-corrected chi connectivity index (χ2v) is 10.2. The predicted octanol–water partition coefficient (Wildman–Crippen LogP) is 1.93. The van der Waals surface area contributed by atoms with Crippen molar-refractivity contribution in [2.24, 2.45) is 17.2 Å². The van der Waals surface area contributed by atoms with Crippen molar-refractivity contribution < 1.29 is 5.11 Å². The van der Waals surface area contributed by atoms with E-state index in [-0.39, 0.29) is 11.6 Å². The Morgan fingerprint density at radius 3 is 2.39 bits per heavy atom. The summed E-state index contributed by atoms with van der Waals surface area (Å²) in [5.41, 5.74) is 23.2. The number of phenolic OH excluding ortho intramolecular Hbond substituents is 1. The van der Waals surface area contributed by atoms with Gasteiger partial charge in [-0.3, -0.25) is 4.90 Å². The molecule has 36 heavy (non-hydrogen) atoms. The predicted molar refractivity (Wildman–Crippen MR) is 146 cm³/mol. The normalized spacial score (nSPS) is 22.9. The van der Waals surface area contributed by atoms with Gasteiger partial charge in [0.1, 0.15) is 11.6 Å². The molecule has 3 fully saturated rings. The van der Waals surface area contributed by atoms with Crippen molar-refractivity contribution in [1.29, 1.82) is 0 Å². The third-order valence-electron chi connectivity index (χ3n) is 7.69. The maximum Gasteiger partial charge on any atom is 0.124 e. The second-order valence-electron chi connectivity index (χ2n) is 10.2. The number of rotatable bonds is 6. The van der Waals surface area contributed by atoms with Gasteiger partial charge in [0.2, 0.25) is 0 Å². The van der Waals surface area contributed by atoms with Gasteiger partial charge in [-0.1, -0.05) is 24.3 Å². The van der Waals surface area contributed by atoms with Crippen molar-refractivity contribution in [3.8, 4) is 5.75 Å². The minimum atomic E-state index is 0.142. The van der Waals surface area contributed by atoms with E-state index in [1.807, 2.05) is 12.1 Å². The molecule has 0 saturated carbocycles. The Hall–Kier alpha value is -3.36. The van der Waals surface area contributed by atoms with Crippen molar-refractivity contribution in [3.63, 3.8) is 0 Å². The molecule has 2 aromatic carbocycles. The van der Waals surface area contributed by atoms with Crippen LogP contribution in [0.1, 0.15) is 30.4 Å². The lowest BCUT2D eigenvalue weighted by molar-refractivity contribution is 0.193. The van der Waals surface area contributed by atoms with Gasteiger partial charge < -0.3 is 37.4 Å². The van der Waals surface area contributed by atoms with Crippen molar-refractivity contribution in [3.05, 3.63) is 77.3 Å². The SMILES string of the molecule is NC(N)=C(/C=C(\N)c1ccccc1O)N1CC2CCCC(C1)N2c1cccc(CN2CCNCC2)c1. The van der Waals surface area contributed by atoms with Crippen molar-refractivity contribution in [1.82, 2.24) is 15.1 Å². The molecule has 2 unspecified atom stereocenters. The molecule has 192 valence electrons. The molecule has 0 spiro atoms. The Labute approximate surface area is 214 Å². The van der Waals surface area contributed by atoms with Gasteiger partial charge in [0.25, 0.3) is 0 Å². The number of hydrogen-bond acceptors (Lipinski definition) is 8. The van der Waals surface area contributed by atoms with Gasteiger partial charge >= 0.3 is 0 Å². The summed E-state index contributed by atoms with van der Waals surface area (Å²) in [4.78, 5) is 7.43. The standard InChI is InChI=1S/C28H39N7O/c29-25(24-9-1-2-10-27(24)36)16-26(28(30)31)34-18-22-7-4-8-23(19-34)35(22)21-6-3-5-20(15-21)17-33-13-11-32-12-14-33/h1-3,5-6,9-10,15-16,22-23,32,36H,4,7-8,11-14,17-19,29-31H2/b25-16-. The first-order valence-electron chi connectivity index (χ1n) is 13.1. The van der Waals surface area contributed by atoms with E-state index in [4.69, 9.17) is 17.2 Å². The summed E-state index contributed by atoms with van der Waals surface area (Å²) < 4.78 is 0. The van der Waals surface area contributed by atoms with Gasteiger partial charge in [0.05, 0.1) is 5.70 Å². The topological polar surface area (TPSA) is 120 Å². The van der Waals surface area contributed by atoms with Gasteiger partial charge in [0, 0.05) is 74.8 Å². The number of nitrogens with one attached hydrogen (secondary N) is 1. The van der Waals surface area contributed by atoms with Crippen LogP contribution in [-0.2, 0) is 6.54 Å². The lowest BCUT2D eigenvalue weighted by Crippen LogP contribution is -2.61. The van der Waals surface area contributed by atoms with Crippen molar-refractivity contribution in [2.75, 3.05) is 44.2 Å². The number of aromatic hydroxyl groups is 1. The number of allylic oxidation sites excluding steroid dienone is 1. The van der Waals surface area contributed by atoms with Crippen LogP contribution in [0.15, 0.2) is 66.1 Å². The van der Waals surface area contributed by atoms with Crippen LogP contribution in [0.3, 0.4) is 0 Å². The van der Waals surface area contributed by atoms with Gasteiger partial charge in [0.15, 0.2) is 0 Å². The molecule has 2 aromatic rings. The molecule has 0 aliphatic carbocycles. The summed E-state index contributed by atoms with van der Waals surface area (Å²) >= 11 is 0. The lowest BCUT2D eigenvalue weighted by atomic mass is 9.89. The second kappa shape index (κ2) is 10.7. The van der Waals surface area contributed by atoms with Crippen molar-refractivity contribution in [2.45, 2.75) is 37.9 Å². The average Bonchev–Trinajstić information content (AvgIpc) is 2.87. The fourth-order valence-electron chi connectivity index (χ4n) is 5.97. The fourth-order valence-corrected chi connectivity index (χ4v) is 5.97. The summed E-state index contributed by atoms with van der Waals surface area (Å²) in [5, 5.41) is 13.7. The highest BCUT2D eigenvalue weighted by Gasteiger charge is 2.38. The molecule has 0 radical (unpaired) electrons. The zero-order valence-electron chi connectivity index (χ0n) is 20.9. The smallest absolute Gasteiger partial charge is 0.124 e. The molecule has 2 atom stereocenters. The van der Waals surface area contributed by atoms with Gasteiger partial charge in [-0.05, 0) is 55.2 Å². The van der Waals surface area contributed by atoms with Crippen LogP contribution in [0.5, 0.6) is 5.75 Å².